The van der Waals surface area contributed by atoms with E-state index in [9.17, 15) is 14.4 Å². The zero-order valence-electron chi connectivity index (χ0n) is 14.5. The molecular formula is C19H20N2O6. The van der Waals surface area contributed by atoms with Crippen LogP contribution >= 0.6 is 0 Å². The van der Waals surface area contributed by atoms with Crippen molar-refractivity contribution in [2.45, 2.75) is 25.3 Å². The highest BCUT2D eigenvalue weighted by atomic mass is 16.5. The van der Waals surface area contributed by atoms with Gasteiger partial charge in [0.1, 0.15) is 5.75 Å². The standard InChI is InChI=1S/C19H20N2O6/c22-17(20-14-7-6-12(9-14)19(24)25)11-27-15-4-1-3-13(10-15)21-18(23)16-5-2-8-26-16/h1-5,8,10,12,14H,6-7,9,11H2,(H,20,22)(H,21,23)(H,24,25)/t12-,14+/m0/s1. The van der Waals surface area contributed by atoms with Crippen LogP contribution in [0.1, 0.15) is 29.8 Å². The number of aliphatic carboxylic acids is 1. The van der Waals surface area contributed by atoms with Crippen LogP contribution in [-0.2, 0) is 9.59 Å². The van der Waals surface area contributed by atoms with Gasteiger partial charge in [0.2, 0.25) is 0 Å². The minimum Gasteiger partial charge on any atom is -0.484 e. The van der Waals surface area contributed by atoms with Crippen molar-refractivity contribution in [2.24, 2.45) is 5.92 Å². The average molecular weight is 372 g/mol. The van der Waals surface area contributed by atoms with E-state index in [1.807, 2.05) is 0 Å². The van der Waals surface area contributed by atoms with Crippen LogP contribution in [0.15, 0.2) is 47.1 Å². The number of ether oxygens (including phenoxy) is 1. The summed E-state index contributed by atoms with van der Waals surface area (Å²) in [5.74, 6) is -1.29. The predicted molar refractivity (Wildman–Crippen MR) is 95.5 cm³/mol. The molecule has 1 saturated carbocycles. The molecule has 8 nitrogen and oxygen atoms in total. The SMILES string of the molecule is O=C(COc1cccc(NC(=O)c2ccco2)c1)N[C@@H]1CC[C@H](C(=O)O)C1. The number of benzene rings is 1. The molecule has 1 aliphatic carbocycles. The minimum atomic E-state index is -0.823. The topological polar surface area (TPSA) is 118 Å². The highest BCUT2D eigenvalue weighted by molar-refractivity contribution is 6.02. The Labute approximate surface area is 155 Å². The maximum atomic E-state index is 12.0. The molecule has 0 aliphatic heterocycles. The van der Waals surface area contributed by atoms with Crippen LogP contribution in [0.5, 0.6) is 5.75 Å². The second kappa shape index (κ2) is 8.39. The van der Waals surface area contributed by atoms with Crippen molar-refractivity contribution >= 4 is 23.5 Å². The molecular weight excluding hydrogens is 352 g/mol. The van der Waals surface area contributed by atoms with E-state index in [-0.39, 0.29) is 30.2 Å². The number of carbonyl (C=O) groups is 3. The molecule has 0 radical (unpaired) electrons. The second-order valence-corrected chi connectivity index (χ2v) is 6.36. The number of nitrogens with one attached hydrogen (secondary N) is 2. The molecule has 2 atom stereocenters. The van der Waals surface area contributed by atoms with E-state index in [2.05, 4.69) is 10.6 Å². The Morgan fingerprint density at radius 3 is 2.74 bits per heavy atom. The highest BCUT2D eigenvalue weighted by Crippen LogP contribution is 2.25. The largest absolute Gasteiger partial charge is 0.484 e. The van der Waals surface area contributed by atoms with Crippen molar-refractivity contribution in [3.8, 4) is 5.75 Å². The third-order valence-electron chi connectivity index (χ3n) is 4.35. The van der Waals surface area contributed by atoms with Gasteiger partial charge in [-0.05, 0) is 43.5 Å². The third kappa shape index (κ3) is 5.10. The second-order valence-electron chi connectivity index (χ2n) is 6.36. The maximum absolute atomic E-state index is 12.0. The predicted octanol–water partition coefficient (Wildman–Crippen LogP) is 2.28. The number of anilines is 1. The zero-order valence-corrected chi connectivity index (χ0v) is 14.5. The summed E-state index contributed by atoms with van der Waals surface area (Å²) >= 11 is 0. The summed E-state index contributed by atoms with van der Waals surface area (Å²) in [6, 6.07) is 9.70. The normalized spacial score (nSPS) is 18.7. The van der Waals surface area contributed by atoms with Crippen LogP contribution in [-0.4, -0.2) is 35.5 Å². The summed E-state index contributed by atoms with van der Waals surface area (Å²) < 4.78 is 10.5. The van der Waals surface area contributed by atoms with E-state index < -0.39 is 11.9 Å². The molecule has 1 fully saturated rings. The Morgan fingerprint density at radius 1 is 1.19 bits per heavy atom. The van der Waals surface area contributed by atoms with Gasteiger partial charge in [-0.2, -0.15) is 0 Å². The third-order valence-corrected chi connectivity index (χ3v) is 4.35. The smallest absolute Gasteiger partial charge is 0.306 e. The van der Waals surface area contributed by atoms with Gasteiger partial charge in [-0.3, -0.25) is 14.4 Å². The number of hydrogen-bond donors (Lipinski definition) is 3. The van der Waals surface area contributed by atoms with Crippen molar-refractivity contribution in [3.05, 3.63) is 48.4 Å². The molecule has 1 aromatic carbocycles. The Bertz CT molecular complexity index is 817. The van der Waals surface area contributed by atoms with E-state index in [1.165, 1.54) is 6.26 Å². The highest BCUT2D eigenvalue weighted by Gasteiger charge is 2.30. The molecule has 142 valence electrons. The van der Waals surface area contributed by atoms with Crippen LogP contribution in [0.25, 0.3) is 0 Å². The van der Waals surface area contributed by atoms with Crippen LogP contribution in [0.2, 0.25) is 0 Å². The molecule has 1 heterocycles. The quantitative estimate of drug-likeness (QED) is 0.686. The number of carbonyl (C=O) groups excluding carboxylic acids is 2. The molecule has 1 aliphatic rings. The fourth-order valence-electron chi connectivity index (χ4n) is 3.02. The molecule has 27 heavy (non-hydrogen) atoms. The zero-order chi connectivity index (χ0) is 19.2. The molecule has 0 saturated heterocycles. The summed E-state index contributed by atoms with van der Waals surface area (Å²) in [5.41, 5.74) is 0.509. The lowest BCUT2D eigenvalue weighted by Crippen LogP contribution is -2.36. The van der Waals surface area contributed by atoms with Crippen LogP contribution in [0, 0.1) is 5.92 Å². The van der Waals surface area contributed by atoms with Crippen molar-refractivity contribution in [1.29, 1.82) is 0 Å². The monoisotopic (exact) mass is 372 g/mol. The van der Waals surface area contributed by atoms with Crippen molar-refractivity contribution in [2.75, 3.05) is 11.9 Å². The van der Waals surface area contributed by atoms with Gasteiger partial charge < -0.3 is 24.9 Å². The average Bonchev–Trinajstić information content (AvgIpc) is 3.32. The van der Waals surface area contributed by atoms with Gasteiger partial charge in [0, 0.05) is 17.8 Å². The maximum Gasteiger partial charge on any atom is 0.306 e. The first kappa shape index (κ1) is 18.5. The first-order valence-corrected chi connectivity index (χ1v) is 8.61. The number of carboxylic acids is 1. The number of rotatable bonds is 7. The molecule has 2 aromatic rings. The first-order chi connectivity index (χ1) is 13.0. The molecule has 2 amide bonds. The number of furan rings is 1. The lowest BCUT2D eigenvalue weighted by Gasteiger charge is -2.13. The Hall–Kier alpha value is -3.29. The van der Waals surface area contributed by atoms with Crippen LogP contribution in [0.3, 0.4) is 0 Å². The van der Waals surface area contributed by atoms with Crippen molar-refractivity contribution in [3.63, 3.8) is 0 Å². The van der Waals surface area contributed by atoms with E-state index in [4.69, 9.17) is 14.3 Å². The summed E-state index contributed by atoms with van der Waals surface area (Å²) in [4.78, 5) is 34.9. The summed E-state index contributed by atoms with van der Waals surface area (Å²) in [6.07, 6.45) is 3.07. The summed E-state index contributed by atoms with van der Waals surface area (Å²) in [7, 11) is 0. The molecule has 1 aromatic heterocycles. The van der Waals surface area contributed by atoms with E-state index >= 15 is 0 Å². The molecule has 0 unspecified atom stereocenters. The van der Waals surface area contributed by atoms with E-state index in [0.717, 1.165) is 0 Å². The van der Waals surface area contributed by atoms with Gasteiger partial charge in [-0.25, -0.2) is 0 Å². The van der Waals surface area contributed by atoms with E-state index in [0.29, 0.717) is 30.7 Å². The van der Waals surface area contributed by atoms with Crippen molar-refractivity contribution < 1.29 is 28.6 Å². The van der Waals surface area contributed by atoms with Crippen LogP contribution in [0.4, 0.5) is 5.69 Å². The van der Waals surface area contributed by atoms with Gasteiger partial charge in [-0.1, -0.05) is 6.07 Å². The van der Waals surface area contributed by atoms with Gasteiger partial charge >= 0.3 is 5.97 Å². The van der Waals surface area contributed by atoms with Gasteiger partial charge in [0.15, 0.2) is 12.4 Å². The molecule has 3 rings (SSSR count). The van der Waals surface area contributed by atoms with Gasteiger partial charge in [0.05, 0.1) is 12.2 Å². The first-order valence-electron chi connectivity index (χ1n) is 8.61. The summed E-state index contributed by atoms with van der Waals surface area (Å²) in [5, 5.41) is 14.5. The fourth-order valence-corrected chi connectivity index (χ4v) is 3.02. The number of hydrogen-bond acceptors (Lipinski definition) is 5. The van der Waals surface area contributed by atoms with E-state index in [1.54, 1.807) is 36.4 Å². The van der Waals surface area contributed by atoms with Crippen molar-refractivity contribution in [1.82, 2.24) is 5.32 Å². The number of carboxylic acid groups (broad SMARTS) is 1. The molecule has 8 heteroatoms. The minimum absolute atomic E-state index is 0.138. The Morgan fingerprint density at radius 2 is 2.04 bits per heavy atom. The molecule has 0 spiro atoms. The fraction of sp³-hybridized carbons (Fsp3) is 0.316. The number of amides is 2. The molecule has 3 N–H and O–H groups in total. The Balaban J connectivity index is 1.47. The Kier molecular flexibility index (Phi) is 5.75. The molecule has 0 bridgehead atoms. The lowest BCUT2D eigenvalue weighted by atomic mass is 10.1. The van der Waals surface area contributed by atoms with Gasteiger partial charge in [0.25, 0.3) is 11.8 Å². The lowest BCUT2D eigenvalue weighted by molar-refractivity contribution is -0.141. The van der Waals surface area contributed by atoms with Crippen LogP contribution < -0.4 is 15.4 Å². The summed E-state index contributed by atoms with van der Waals surface area (Å²) in [6.45, 7) is -0.191. The van der Waals surface area contributed by atoms with Gasteiger partial charge in [-0.15, -0.1) is 0 Å².